The highest BCUT2D eigenvalue weighted by Crippen LogP contribution is 2.37. The number of hydrogen-bond donors (Lipinski definition) is 1. The van der Waals surface area contributed by atoms with Gasteiger partial charge in [0.2, 0.25) is 0 Å². The van der Waals surface area contributed by atoms with E-state index in [0.717, 1.165) is 26.6 Å². The van der Waals surface area contributed by atoms with E-state index in [-0.39, 0.29) is 11.5 Å². The molecule has 5 nitrogen and oxygen atoms in total. The average Bonchev–Trinajstić information content (AvgIpc) is 3.10. The van der Waals surface area contributed by atoms with Gasteiger partial charge in [0, 0.05) is 39.6 Å². The molecule has 26 heavy (non-hydrogen) atoms. The Labute approximate surface area is 159 Å². The Morgan fingerprint density at radius 3 is 2.58 bits per heavy atom. The first-order chi connectivity index (χ1) is 12.4. The zero-order chi connectivity index (χ0) is 18.5. The average molecular weight is 434 g/mol. The smallest absolute Gasteiger partial charge is 0.188 e. The normalized spacial score (nSPS) is 15.3. The van der Waals surface area contributed by atoms with Crippen LogP contribution < -0.4 is 0 Å². The SMILES string of the molecule is O=C(CO)c1ccc(Cn2c3c(c4cc(Br)ccc42)S(=O)(=O)CC3)cc1. The molecule has 0 aliphatic carbocycles. The Morgan fingerprint density at radius 1 is 1.15 bits per heavy atom. The molecule has 4 rings (SSSR count). The highest BCUT2D eigenvalue weighted by atomic mass is 79.9. The summed E-state index contributed by atoms with van der Waals surface area (Å²) in [5.74, 6) is -0.177. The molecule has 1 aliphatic heterocycles. The first-order valence-electron chi connectivity index (χ1n) is 8.17. The highest BCUT2D eigenvalue weighted by molar-refractivity contribution is 9.10. The summed E-state index contributed by atoms with van der Waals surface area (Å²) in [6, 6.07) is 12.7. The van der Waals surface area contributed by atoms with Crippen molar-refractivity contribution < 1.29 is 18.3 Å². The third kappa shape index (κ3) is 2.80. The van der Waals surface area contributed by atoms with Crippen molar-refractivity contribution in [1.82, 2.24) is 4.57 Å². The molecule has 0 unspecified atom stereocenters. The Balaban J connectivity index is 1.82. The zero-order valence-electron chi connectivity index (χ0n) is 13.8. The molecule has 0 spiro atoms. The topological polar surface area (TPSA) is 76.4 Å². The van der Waals surface area contributed by atoms with Gasteiger partial charge in [-0.25, -0.2) is 8.42 Å². The van der Waals surface area contributed by atoms with Gasteiger partial charge in [0.25, 0.3) is 0 Å². The second kappa shape index (κ2) is 6.33. The summed E-state index contributed by atoms with van der Waals surface area (Å²) in [4.78, 5) is 12.0. The van der Waals surface area contributed by atoms with Crippen LogP contribution >= 0.6 is 15.9 Å². The van der Waals surface area contributed by atoms with Crippen molar-refractivity contribution in [3.63, 3.8) is 0 Å². The molecule has 0 fully saturated rings. The van der Waals surface area contributed by atoms with Crippen LogP contribution in [0, 0.1) is 0 Å². The fourth-order valence-corrected chi connectivity index (χ4v) is 5.63. The fourth-order valence-electron chi connectivity index (χ4n) is 3.53. The van der Waals surface area contributed by atoms with Gasteiger partial charge in [0.1, 0.15) is 6.61 Å². The summed E-state index contributed by atoms with van der Waals surface area (Å²) in [5.41, 5.74) is 3.15. The number of aromatic nitrogens is 1. The third-order valence-corrected chi connectivity index (χ3v) is 7.07. The molecule has 134 valence electrons. The van der Waals surface area contributed by atoms with Gasteiger partial charge in [-0.2, -0.15) is 0 Å². The molecule has 7 heteroatoms. The van der Waals surface area contributed by atoms with Crippen LogP contribution in [0.5, 0.6) is 0 Å². The van der Waals surface area contributed by atoms with Crippen molar-refractivity contribution in [3.8, 4) is 0 Å². The van der Waals surface area contributed by atoms with Crippen LogP contribution in [0.25, 0.3) is 10.9 Å². The maximum Gasteiger partial charge on any atom is 0.188 e. The van der Waals surface area contributed by atoms with E-state index in [1.165, 1.54) is 0 Å². The van der Waals surface area contributed by atoms with Gasteiger partial charge in [0.15, 0.2) is 15.6 Å². The lowest BCUT2D eigenvalue weighted by Crippen LogP contribution is -2.06. The van der Waals surface area contributed by atoms with E-state index >= 15 is 0 Å². The number of aliphatic hydroxyl groups excluding tert-OH is 1. The standard InChI is InChI=1S/C19H16BrNO4S/c20-14-5-6-16-15(9-14)19-17(7-8-26(19,24)25)21(16)10-12-1-3-13(4-2-12)18(23)11-22/h1-6,9,22H,7-8,10-11H2. The number of nitrogens with zero attached hydrogens (tertiary/aromatic N) is 1. The third-order valence-electron chi connectivity index (χ3n) is 4.76. The maximum atomic E-state index is 12.5. The Kier molecular flexibility index (Phi) is 4.25. The van der Waals surface area contributed by atoms with E-state index in [0.29, 0.717) is 23.4 Å². The maximum absolute atomic E-state index is 12.5. The minimum absolute atomic E-state index is 0.143. The van der Waals surface area contributed by atoms with E-state index in [1.54, 1.807) is 12.1 Å². The summed E-state index contributed by atoms with van der Waals surface area (Å²) < 4.78 is 27.9. The molecule has 0 radical (unpaired) electrons. The molecular formula is C19H16BrNO4S. The number of halogens is 1. The van der Waals surface area contributed by atoms with Crippen LogP contribution in [0.1, 0.15) is 21.6 Å². The highest BCUT2D eigenvalue weighted by Gasteiger charge is 2.33. The van der Waals surface area contributed by atoms with E-state index in [1.807, 2.05) is 34.9 Å². The van der Waals surface area contributed by atoms with E-state index in [9.17, 15) is 13.2 Å². The van der Waals surface area contributed by atoms with Gasteiger partial charge in [-0.3, -0.25) is 4.79 Å². The van der Waals surface area contributed by atoms with Crippen molar-refractivity contribution in [1.29, 1.82) is 0 Å². The van der Waals surface area contributed by atoms with E-state index in [2.05, 4.69) is 15.9 Å². The second-order valence-electron chi connectivity index (χ2n) is 6.37. The predicted molar refractivity (Wildman–Crippen MR) is 102 cm³/mol. The van der Waals surface area contributed by atoms with Crippen LogP contribution in [0.15, 0.2) is 51.8 Å². The number of carbonyl (C=O) groups excluding carboxylic acids is 1. The number of sulfone groups is 1. The first kappa shape index (κ1) is 17.5. The van der Waals surface area contributed by atoms with Crippen molar-refractivity contribution in [3.05, 3.63) is 63.8 Å². The lowest BCUT2D eigenvalue weighted by atomic mass is 10.1. The Bertz CT molecular complexity index is 1130. The summed E-state index contributed by atoms with van der Waals surface area (Å²) in [6.45, 7) is 0.0123. The number of aliphatic hydroxyl groups is 1. The van der Waals surface area contributed by atoms with Crippen molar-refractivity contribution >= 4 is 42.5 Å². The minimum atomic E-state index is -3.26. The van der Waals surface area contributed by atoms with Crippen LogP contribution in [0.2, 0.25) is 0 Å². The van der Waals surface area contributed by atoms with Crippen LogP contribution in [0.4, 0.5) is 0 Å². The summed E-state index contributed by atoms with van der Waals surface area (Å²) in [6.07, 6.45) is 0.505. The molecule has 1 aromatic heterocycles. The monoisotopic (exact) mass is 433 g/mol. The molecule has 0 saturated heterocycles. The number of Topliss-reactive ketones (excluding diaryl/α,β-unsaturated/α-hetero) is 1. The molecule has 2 heterocycles. The predicted octanol–water partition coefficient (Wildman–Crippen LogP) is 2.96. The molecule has 0 saturated carbocycles. The zero-order valence-corrected chi connectivity index (χ0v) is 16.2. The molecule has 0 bridgehead atoms. The minimum Gasteiger partial charge on any atom is -0.388 e. The molecule has 1 N–H and O–H groups in total. The lowest BCUT2D eigenvalue weighted by Gasteiger charge is -2.10. The molecule has 0 atom stereocenters. The number of rotatable bonds is 4. The van der Waals surface area contributed by atoms with Crippen molar-refractivity contribution in [2.24, 2.45) is 0 Å². The van der Waals surface area contributed by atoms with Gasteiger partial charge >= 0.3 is 0 Å². The molecule has 2 aromatic carbocycles. The number of fused-ring (bicyclic) bond motifs is 3. The lowest BCUT2D eigenvalue weighted by molar-refractivity contribution is 0.0903. The van der Waals surface area contributed by atoms with Crippen LogP contribution in [-0.2, 0) is 22.8 Å². The van der Waals surface area contributed by atoms with Crippen LogP contribution in [-0.4, -0.2) is 36.2 Å². The quantitative estimate of drug-likeness (QED) is 0.641. The van der Waals surface area contributed by atoms with Crippen molar-refractivity contribution in [2.45, 2.75) is 17.9 Å². The summed E-state index contributed by atoms with van der Waals surface area (Å²) in [5, 5.41) is 9.70. The van der Waals surface area contributed by atoms with Gasteiger partial charge in [0.05, 0.1) is 10.6 Å². The molecule has 3 aromatic rings. The Morgan fingerprint density at radius 2 is 1.88 bits per heavy atom. The molecule has 0 amide bonds. The van der Waals surface area contributed by atoms with Crippen molar-refractivity contribution in [2.75, 3.05) is 12.4 Å². The van der Waals surface area contributed by atoms with Gasteiger partial charge in [-0.15, -0.1) is 0 Å². The summed E-state index contributed by atoms with van der Waals surface area (Å²) >= 11 is 3.43. The fraction of sp³-hybridized carbons (Fsp3) is 0.211. The van der Waals surface area contributed by atoms with Gasteiger partial charge in [-0.1, -0.05) is 40.2 Å². The number of carbonyl (C=O) groups is 1. The summed E-state index contributed by atoms with van der Waals surface area (Å²) in [7, 11) is -3.26. The second-order valence-corrected chi connectivity index (χ2v) is 9.33. The number of benzene rings is 2. The number of ketones is 1. The molecule has 1 aliphatic rings. The largest absolute Gasteiger partial charge is 0.388 e. The van der Waals surface area contributed by atoms with Crippen LogP contribution in [0.3, 0.4) is 0 Å². The van der Waals surface area contributed by atoms with E-state index in [4.69, 9.17) is 5.11 Å². The number of hydrogen-bond acceptors (Lipinski definition) is 4. The molecular weight excluding hydrogens is 418 g/mol. The van der Waals surface area contributed by atoms with E-state index < -0.39 is 16.4 Å². The first-order valence-corrected chi connectivity index (χ1v) is 10.6. The van der Waals surface area contributed by atoms with Gasteiger partial charge < -0.3 is 9.67 Å². The Hall–Kier alpha value is -1.96. The van der Waals surface area contributed by atoms with Gasteiger partial charge in [-0.05, 0) is 23.8 Å².